The summed E-state index contributed by atoms with van der Waals surface area (Å²) in [5.74, 6) is -0.473. The predicted molar refractivity (Wildman–Crippen MR) is 96.2 cm³/mol. The Morgan fingerprint density at radius 2 is 2.04 bits per heavy atom. The first-order valence-corrected chi connectivity index (χ1v) is 9.24. The SMILES string of the molecule is CCOC(=O)c1cc2cc(NS(=O)(=O)c3cccc(C#N)c3)ccc2[nH]1. The second-order valence-corrected chi connectivity index (χ2v) is 7.13. The van der Waals surface area contributed by atoms with Crippen LogP contribution in [-0.4, -0.2) is 26.0 Å². The van der Waals surface area contributed by atoms with Crippen LogP contribution >= 0.6 is 0 Å². The molecule has 1 aromatic heterocycles. The normalized spacial score (nSPS) is 11.1. The molecule has 26 heavy (non-hydrogen) atoms. The number of sulfonamides is 1. The van der Waals surface area contributed by atoms with Gasteiger partial charge in [-0.3, -0.25) is 4.72 Å². The molecule has 0 aliphatic rings. The minimum atomic E-state index is -3.84. The van der Waals surface area contributed by atoms with Crippen molar-refractivity contribution < 1.29 is 17.9 Å². The molecule has 0 atom stereocenters. The first-order valence-electron chi connectivity index (χ1n) is 7.76. The Balaban J connectivity index is 1.90. The molecule has 2 aromatic carbocycles. The summed E-state index contributed by atoms with van der Waals surface area (Å²) in [6.07, 6.45) is 0. The van der Waals surface area contributed by atoms with Gasteiger partial charge in [-0.05, 0) is 49.4 Å². The Hall–Kier alpha value is -3.31. The summed E-state index contributed by atoms with van der Waals surface area (Å²) in [5.41, 5.74) is 1.58. The molecule has 2 N–H and O–H groups in total. The van der Waals surface area contributed by atoms with Gasteiger partial charge in [-0.1, -0.05) is 6.07 Å². The largest absolute Gasteiger partial charge is 0.461 e. The number of rotatable bonds is 5. The Kier molecular flexibility index (Phi) is 4.65. The van der Waals surface area contributed by atoms with E-state index >= 15 is 0 Å². The second-order valence-electron chi connectivity index (χ2n) is 5.45. The summed E-state index contributed by atoms with van der Waals surface area (Å²) < 4.78 is 32.4. The van der Waals surface area contributed by atoms with Crippen molar-refractivity contribution >= 4 is 32.6 Å². The van der Waals surface area contributed by atoms with Crippen molar-refractivity contribution in [3.63, 3.8) is 0 Å². The molecule has 8 heteroatoms. The summed E-state index contributed by atoms with van der Waals surface area (Å²) in [7, 11) is -3.84. The van der Waals surface area contributed by atoms with Gasteiger partial charge in [0.05, 0.1) is 23.1 Å². The van der Waals surface area contributed by atoms with Gasteiger partial charge in [0.2, 0.25) is 0 Å². The van der Waals surface area contributed by atoms with Gasteiger partial charge in [-0.2, -0.15) is 5.26 Å². The number of nitriles is 1. The first kappa shape index (κ1) is 17.5. The number of nitrogens with zero attached hydrogens (tertiary/aromatic N) is 1. The molecule has 132 valence electrons. The average molecular weight is 369 g/mol. The number of ether oxygens (including phenoxy) is 1. The summed E-state index contributed by atoms with van der Waals surface area (Å²) in [6, 6.07) is 14.1. The van der Waals surface area contributed by atoms with Crippen molar-refractivity contribution in [3.05, 3.63) is 59.8 Å². The van der Waals surface area contributed by atoms with Crippen molar-refractivity contribution in [1.29, 1.82) is 5.26 Å². The van der Waals surface area contributed by atoms with Gasteiger partial charge in [0.15, 0.2) is 0 Å². The molecule has 0 aliphatic carbocycles. The molecule has 7 nitrogen and oxygen atoms in total. The van der Waals surface area contributed by atoms with Gasteiger partial charge in [-0.25, -0.2) is 13.2 Å². The smallest absolute Gasteiger partial charge is 0.354 e. The Bertz CT molecular complexity index is 1130. The molecule has 1 heterocycles. The van der Waals surface area contributed by atoms with Crippen LogP contribution in [0.5, 0.6) is 0 Å². The van der Waals surface area contributed by atoms with Crippen LogP contribution in [-0.2, 0) is 14.8 Å². The number of hydrogen-bond acceptors (Lipinski definition) is 5. The molecule has 0 radical (unpaired) electrons. The molecule has 3 aromatic rings. The highest BCUT2D eigenvalue weighted by atomic mass is 32.2. The van der Waals surface area contributed by atoms with Crippen LogP contribution in [0, 0.1) is 11.3 Å². The van der Waals surface area contributed by atoms with Crippen molar-refractivity contribution in [3.8, 4) is 6.07 Å². The van der Waals surface area contributed by atoms with Crippen molar-refractivity contribution in [2.24, 2.45) is 0 Å². The van der Waals surface area contributed by atoms with Gasteiger partial charge < -0.3 is 9.72 Å². The number of aromatic amines is 1. The summed E-state index contributed by atoms with van der Waals surface area (Å²) in [4.78, 5) is 14.7. The van der Waals surface area contributed by atoms with Crippen LogP contribution < -0.4 is 4.72 Å². The number of carbonyl (C=O) groups excluding carboxylic acids is 1. The third kappa shape index (κ3) is 3.53. The number of esters is 1. The number of H-pyrrole nitrogens is 1. The quantitative estimate of drug-likeness (QED) is 0.671. The number of carbonyl (C=O) groups is 1. The van der Waals surface area contributed by atoms with Crippen LogP contribution in [0.1, 0.15) is 23.0 Å². The van der Waals surface area contributed by atoms with Crippen LogP contribution in [0.15, 0.2) is 53.4 Å². The maximum atomic E-state index is 12.5. The van der Waals surface area contributed by atoms with E-state index < -0.39 is 16.0 Å². The lowest BCUT2D eigenvalue weighted by Crippen LogP contribution is -2.12. The van der Waals surface area contributed by atoms with Crippen LogP contribution in [0.3, 0.4) is 0 Å². The molecule has 0 saturated heterocycles. The molecule has 0 bridgehead atoms. The van der Waals surface area contributed by atoms with E-state index in [1.807, 2.05) is 6.07 Å². The van der Waals surface area contributed by atoms with E-state index in [9.17, 15) is 13.2 Å². The lowest BCUT2D eigenvalue weighted by molar-refractivity contribution is 0.0520. The molecule has 0 spiro atoms. The fourth-order valence-corrected chi connectivity index (χ4v) is 3.56. The van der Waals surface area contributed by atoms with Crippen LogP contribution in [0.2, 0.25) is 0 Å². The topological polar surface area (TPSA) is 112 Å². The maximum absolute atomic E-state index is 12.5. The zero-order valence-electron chi connectivity index (χ0n) is 13.8. The molecule has 0 unspecified atom stereocenters. The summed E-state index contributed by atoms with van der Waals surface area (Å²) >= 11 is 0. The molecular formula is C18H15N3O4S. The predicted octanol–water partition coefficient (Wildman–Crippen LogP) is 3.02. The lowest BCUT2D eigenvalue weighted by atomic mass is 10.2. The highest BCUT2D eigenvalue weighted by Crippen LogP contribution is 2.23. The van der Waals surface area contributed by atoms with Crippen LogP contribution in [0.25, 0.3) is 10.9 Å². The van der Waals surface area contributed by atoms with Crippen molar-refractivity contribution in [2.45, 2.75) is 11.8 Å². The fourth-order valence-electron chi connectivity index (χ4n) is 2.46. The molecule has 0 saturated carbocycles. The number of anilines is 1. The van der Waals surface area contributed by atoms with E-state index in [1.54, 1.807) is 31.2 Å². The zero-order chi connectivity index (χ0) is 18.7. The minimum absolute atomic E-state index is 0.00192. The fraction of sp³-hybridized carbons (Fsp3) is 0.111. The highest BCUT2D eigenvalue weighted by molar-refractivity contribution is 7.92. The molecule has 0 amide bonds. The van der Waals surface area contributed by atoms with E-state index in [4.69, 9.17) is 10.00 Å². The van der Waals surface area contributed by atoms with E-state index in [2.05, 4.69) is 9.71 Å². The Labute approximate surface area is 150 Å². The molecule has 0 fully saturated rings. The number of hydrogen-bond donors (Lipinski definition) is 2. The Morgan fingerprint density at radius 1 is 1.23 bits per heavy atom. The van der Waals surface area contributed by atoms with Gasteiger partial charge in [0, 0.05) is 16.6 Å². The summed E-state index contributed by atoms with van der Waals surface area (Å²) in [5, 5.41) is 9.58. The molecular weight excluding hydrogens is 354 g/mol. The maximum Gasteiger partial charge on any atom is 0.354 e. The van der Waals surface area contributed by atoms with Gasteiger partial charge in [-0.15, -0.1) is 0 Å². The second kappa shape index (κ2) is 6.90. The number of benzene rings is 2. The standard InChI is InChI=1S/C18H15N3O4S/c1-2-25-18(22)17-10-13-9-14(6-7-16(13)20-17)21-26(23,24)15-5-3-4-12(8-15)11-19/h3-10,20-21H,2H2,1H3. The van der Waals surface area contributed by atoms with Crippen molar-refractivity contribution in [2.75, 3.05) is 11.3 Å². The Morgan fingerprint density at radius 3 is 2.77 bits per heavy atom. The highest BCUT2D eigenvalue weighted by Gasteiger charge is 2.16. The van der Waals surface area contributed by atoms with E-state index in [0.29, 0.717) is 22.3 Å². The van der Waals surface area contributed by atoms with Crippen molar-refractivity contribution in [1.82, 2.24) is 4.98 Å². The van der Waals surface area contributed by atoms with Gasteiger partial charge in [0.25, 0.3) is 10.0 Å². The monoisotopic (exact) mass is 369 g/mol. The number of nitrogens with one attached hydrogen (secondary N) is 2. The molecule has 0 aliphatic heterocycles. The van der Waals surface area contributed by atoms with Gasteiger partial charge in [0.1, 0.15) is 5.69 Å². The van der Waals surface area contributed by atoms with Gasteiger partial charge >= 0.3 is 5.97 Å². The number of aromatic nitrogens is 1. The van der Waals surface area contributed by atoms with Crippen LogP contribution in [0.4, 0.5) is 5.69 Å². The average Bonchev–Trinajstić information content (AvgIpc) is 3.05. The third-order valence-corrected chi connectivity index (χ3v) is 5.02. The number of fused-ring (bicyclic) bond motifs is 1. The first-order chi connectivity index (χ1) is 12.4. The minimum Gasteiger partial charge on any atom is -0.461 e. The van der Waals surface area contributed by atoms with E-state index in [-0.39, 0.29) is 17.1 Å². The lowest BCUT2D eigenvalue weighted by Gasteiger charge is -2.08. The zero-order valence-corrected chi connectivity index (χ0v) is 14.6. The summed E-state index contributed by atoms with van der Waals surface area (Å²) in [6.45, 7) is 1.98. The van der Waals surface area contributed by atoms with E-state index in [0.717, 1.165) is 0 Å². The molecule has 3 rings (SSSR count). The third-order valence-electron chi connectivity index (χ3n) is 3.64. The van der Waals surface area contributed by atoms with E-state index in [1.165, 1.54) is 24.3 Å².